The summed E-state index contributed by atoms with van der Waals surface area (Å²) in [6.07, 6.45) is 3.65. The Hall–Kier alpha value is -1.35. The Labute approximate surface area is 122 Å². The van der Waals surface area contributed by atoms with Crippen LogP contribution in [0, 0.1) is 5.92 Å². The molecule has 0 saturated carbocycles. The fourth-order valence-corrected chi connectivity index (χ4v) is 2.14. The van der Waals surface area contributed by atoms with Crippen LogP contribution in [-0.4, -0.2) is 23.7 Å². The third-order valence-electron chi connectivity index (χ3n) is 3.28. The van der Waals surface area contributed by atoms with Crippen LogP contribution < -0.4 is 5.32 Å². The first kappa shape index (κ1) is 16.7. The van der Waals surface area contributed by atoms with E-state index in [0.29, 0.717) is 24.4 Å². The molecule has 0 aliphatic heterocycles. The van der Waals surface area contributed by atoms with Gasteiger partial charge in [-0.15, -0.1) is 0 Å². The van der Waals surface area contributed by atoms with Gasteiger partial charge in [0.15, 0.2) is 0 Å². The Bertz CT molecular complexity index is 398. The number of hydrogen-bond donors (Lipinski definition) is 2. The average molecular weight is 277 g/mol. The monoisotopic (exact) mass is 277 g/mol. The minimum absolute atomic E-state index is 0.116. The Kier molecular flexibility index (Phi) is 7.31. The van der Waals surface area contributed by atoms with Crippen molar-refractivity contribution in [2.24, 2.45) is 5.92 Å². The fraction of sp³-hybridized carbons (Fsp3) is 0.588. The van der Waals surface area contributed by atoms with Crippen molar-refractivity contribution in [1.29, 1.82) is 0 Å². The van der Waals surface area contributed by atoms with E-state index in [-0.39, 0.29) is 5.91 Å². The number of carbonyl (C=O) groups is 1. The number of unbranched alkanes of at least 4 members (excludes halogenated alkanes) is 1. The van der Waals surface area contributed by atoms with E-state index in [1.807, 2.05) is 24.3 Å². The summed E-state index contributed by atoms with van der Waals surface area (Å²) in [5.41, 5.74) is 1.92. The number of hydrogen-bond acceptors (Lipinski definition) is 2. The predicted molar refractivity (Wildman–Crippen MR) is 82.8 cm³/mol. The molecule has 1 aromatic carbocycles. The van der Waals surface area contributed by atoms with Gasteiger partial charge in [-0.05, 0) is 42.9 Å². The van der Waals surface area contributed by atoms with Crippen molar-refractivity contribution in [3.63, 3.8) is 0 Å². The molecular formula is C17H27NO2. The summed E-state index contributed by atoms with van der Waals surface area (Å²) in [5, 5.41) is 12.5. The molecule has 1 aromatic rings. The molecule has 1 amide bonds. The summed E-state index contributed by atoms with van der Waals surface area (Å²) in [4.78, 5) is 11.9. The maximum atomic E-state index is 11.9. The van der Waals surface area contributed by atoms with E-state index >= 15 is 0 Å². The first-order valence-electron chi connectivity index (χ1n) is 7.58. The zero-order valence-corrected chi connectivity index (χ0v) is 12.9. The van der Waals surface area contributed by atoms with Gasteiger partial charge in [0.1, 0.15) is 0 Å². The maximum absolute atomic E-state index is 11.9. The van der Waals surface area contributed by atoms with Crippen LogP contribution in [0.2, 0.25) is 0 Å². The summed E-state index contributed by atoms with van der Waals surface area (Å²) < 4.78 is 0. The molecule has 0 saturated heterocycles. The zero-order chi connectivity index (χ0) is 15.0. The summed E-state index contributed by atoms with van der Waals surface area (Å²) in [6.45, 7) is 6.60. The first-order valence-corrected chi connectivity index (χ1v) is 7.58. The molecule has 0 aliphatic rings. The third kappa shape index (κ3) is 6.20. The number of nitrogens with one attached hydrogen (secondary N) is 1. The minimum atomic E-state index is -0.470. The van der Waals surface area contributed by atoms with E-state index in [1.54, 1.807) is 0 Å². The Morgan fingerprint density at radius 2 is 1.90 bits per heavy atom. The SMILES string of the molecule is CCCCc1ccc(C(=O)NCC(O)CC(C)C)cc1. The molecule has 0 heterocycles. The quantitative estimate of drug-likeness (QED) is 0.767. The van der Waals surface area contributed by atoms with Gasteiger partial charge in [0, 0.05) is 12.1 Å². The highest BCUT2D eigenvalue weighted by Crippen LogP contribution is 2.08. The van der Waals surface area contributed by atoms with Gasteiger partial charge < -0.3 is 10.4 Å². The normalized spacial score (nSPS) is 12.4. The highest BCUT2D eigenvalue weighted by molar-refractivity contribution is 5.94. The van der Waals surface area contributed by atoms with Gasteiger partial charge in [0.25, 0.3) is 5.91 Å². The smallest absolute Gasteiger partial charge is 0.251 e. The second-order valence-corrected chi connectivity index (χ2v) is 5.79. The summed E-state index contributed by atoms with van der Waals surface area (Å²) in [5.74, 6) is 0.314. The van der Waals surface area contributed by atoms with Crippen LogP contribution in [0.15, 0.2) is 24.3 Å². The van der Waals surface area contributed by atoms with Crippen molar-refractivity contribution in [2.75, 3.05) is 6.54 Å². The van der Waals surface area contributed by atoms with Crippen molar-refractivity contribution in [2.45, 2.75) is 52.6 Å². The summed E-state index contributed by atoms with van der Waals surface area (Å²) in [7, 11) is 0. The van der Waals surface area contributed by atoms with Crippen molar-refractivity contribution in [3.8, 4) is 0 Å². The van der Waals surface area contributed by atoms with Gasteiger partial charge in [0.2, 0.25) is 0 Å². The second-order valence-electron chi connectivity index (χ2n) is 5.79. The lowest BCUT2D eigenvalue weighted by molar-refractivity contribution is 0.0900. The van der Waals surface area contributed by atoms with Gasteiger partial charge in [-0.2, -0.15) is 0 Å². The Morgan fingerprint density at radius 3 is 2.45 bits per heavy atom. The van der Waals surface area contributed by atoms with Crippen LogP contribution in [0.25, 0.3) is 0 Å². The van der Waals surface area contributed by atoms with E-state index in [1.165, 1.54) is 18.4 Å². The van der Waals surface area contributed by atoms with Crippen LogP contribution in [0.5, 0.6) is 0 Å². The minimum Gasteiger partial charge on any atom is -0.391 e. The van der Waals surface area contributed by atoms with Gasteiger partial charge in [-0.1, -0.05) is 39.3 Å². The lowest BCUT2D eigenvalue weighted by Crippen LogP contribution is -2.32. The molecule has 1 unspecified atom stereocenters. The lowest BCUT2D eigenvalue weighted by atomic mass is 10.1. The molecule has 0 radical (unpaired) electrons. The van der Waals surface area contributed by atoms with Gasteiger partial charge in [-0.3, -0.25) is 4.79 Å². The van der Waals surface area contributed by atoms with Crippen LogP contribution in [0.1, 0.15) is 56.0 Å². The predicted octanol–water partition coefficient (Wildman–Crippen LogP) is 3.17. The molecule has 1 atom stereocenters. The second kappa shape index (κ2) is 8.75. The molecule has 20 heavy (non-hydrogen) atoms. The highest BCUT2D eigenvalue weighted by atomic mass is 16.3. The summed E-state index contributed by atoms with van der Waals surface area (Å²) in [6, 6.07) is 7.73. The van der Waals surface area contributed by atoms with Crippen LogP contribution >= 0.6 is 0 Å². The van der Waals surface area contributed by atoms with E-state index in [2.05, 4.69) is 26.1 Å². The van der Waals surface area contributed by atoms with Crippen LogP contribution in [0.4, 0.5) is 0 Å². The van der Waals surface area contributed by atoms with Crippen LogP contribution in [-0.2, 0) is 6.42 Å². The molecule has 3 heteroatoms. The van der Waals surface area contributed by atoms with Crippen molar-refractivity contribution >= 4 is 5.91 Å². The molecule has 3 nitrogen and oxygen atoms in total. The number of aryl methyl sites for hydroxylation is 1. The molecule has 1 rings (SSSR count). The number of aliphatic hydroxyl groups is 1. The van der Waals surface area contributed by atoms with E-state index < -0.39 is 6.10 Å². The Morgan fingerprint density at radius 1 is 1.25 bits per heavy atom. The van der Waals surface area contributed by atoms with Crippen molar-refractivity contribution in [3.05, 3.63) is 35.4 Å². The van der Waals surface area contributed by atoms with E-state index in [9.17, 15) is 9.90 Å². The molecule has 0 aromatic heterocycles. The Balaban J connectivity index is 2.43. The zero-order valence-electron chi connectivity index (χ0n) is 12.9. The number of rotatable bonds is 8. The average Bonchev–Trinajstić information content (AvgIpc) is 2.42. The lowest BCUT2D eigenvalue weighted by Gasteiger charge is -2.14. The van der Waals surface area contributed by atoms with Crippen LogP contribution in [0.3, 0.4) is 0 Å². The van der Waals surface area contributed by atoms with E-state index in [0.717, 1.165) is 6.42 Å². The van der Waals surface area contributed by atoms with Crippen molar-refractivity contribution < 1.29 is 9.90 Å². The molecule has 0 aliphatic carbocycles. The summed E-state index contributed by atoms with van der Waals surface area (Å²) >= 11 is 0. The molecule has 112 valence electrons. The van der Waals surface area contributed by atoms with Crippen molar-refractivity contribution in [1.82, 2.24) is 5.32 Å². The number of aliphatic hydroxyl groups excluding tert-OH is 1. The molecule has 0 bridgehead atoms. The highest BCUT2D eigenvalue weighted by Gasteiger charge is 2.10. The third-order valence-corrected chi connectivity index (χ3v) is 3.28. The van der Waals surface area contributed by atoms with E-state index in [4.69, 9.17) is 0 Å². The largest absolute Gasteiger partial charge is 0.391 e. The number of carbonyl (C=O) groups excluding carboxylic acids is 1. The molecule has 0 fully saturated rings. The molecule has 2 N–H and O–H groups in total. The van der Waals surface area contributed by atoms with Gasteiger partial charge in [-0.25, -0.2) is 0 Å². The molecule has 0 spiro atoms. The number of amides is 1. The molecular weight excluding hydrogens is 250 g/mol. The number of benzene rings is 1. The first-order chi connectivity index (χ1) is 9.52. The standard InChI is InChI=1S/C17H27NO2/c1-4-5-6-14-7-9-15(10-8-14)17(20)18-12-16(19)11-13(2)3/h7-10,13,16,19H,4-6,11-12H2,1-3H3,(H,18,20). The topological polar surface area (TPSA) is 49.3 Å². The maximum Gasteiger partial charge on any atom is 0.251 e. The van der Waals surface area contributed by atoms with Gasteiger partial charge >= 0.3 is 0 Å². The fourth-order valence-electron chi connectivity index (χ4n) is 2.14. The van der Waals surface area contributed by atoms with Gasteiger partial charge in [0.05, 0.1) is 6.10 Å².